The van der Waals surface area contributed by atoms with E-state index in [4.69, 9.17) is 0 Å². The number of aldehydes is 6. The third-order valence-corrected chi connectivity index (χ3v) is 22.3. The Kier molecular flexibility index (Phi) is 52.5. The lowest BCUT2D eigenvalue weighted by atomic mass is 9.67. The van der Waals surface area contributed by atoms with Gasteiger partial charge in [-0.2, -0.15) is 13.2 Å². The summed E-state index contributed by atoms with van der Waals surface area (Å²) in [5.74, 6) is 1.16. The van der Waals surface area contributed by atoms with Crippen LogP contribution in [0.25, 0.3) is 6.08 Å². The highest BCUT2D eigenvalue weighted by Gasteiger charge is 2.34. The summed E-state index contributed by atoms with van der Waals surface area (Å²) in [6.07, 6.45) is 87.4. The molecule has 0 bridgehead atoms. The molecule has 5 aliphatic rings. The number of carbonyl (C=O) groups excluding carboxylic acids is 6. The minimum Gasteiger partial charge on any atom is -0.378 e. The number of hydrogen-bond acceptors (Lipinski definition) is 7. The Morgan fingerprint density at radius 3 is 1.27 bits per heavy atom. The molecule has 0 radical (unpaired) electrons. The van der Waals surface area contributed by atoms with Crippen molar-refractivity contribution in [3.05, 3.63) is 354 Å². The molecule has 2 unspecified atom stereocenters. The monoisotopic (exact) mass is 1720 g/mol. The van der Waals surface area contributed by atoms with E-state index in [0.29, 0.717) is 28.7 Å². The Hall–Kier alpha value is -9.97. The summed E-state index contributed by atoms with van der Waals surface area (Å²) in [7, 11) is 3.99. The lowest BCUT2D eigenvalue weighted by Gasteiger charge is -2.38. The van der Waals surface area contributed by atoms with Gasteiger partial charge < -0.3 is 4.90 Å². The van der Waals surface area contributed by atoms with Gasteiger partial charge in [0, 0.05) is 24.3 Å². The lowest BCUT2D eigenvalue weighted by molar-refractivity contribution is -0.106. The molecule has 1 aromatic carbocycles. The Balaban J connectivity index is 0.000000737. The van der Waals surface area contributed by atoms with Crippen molar-refractivity contribution in [1.29, 1.82) is 0 Å². The van der Waals surface area contributed by atoms with Gasteiger partial charge in [-0.1, -0.05) is 337 Å². The molecule has 0 saturated heterocycles. The average molecular weight is 1730 g/mol. The van der Waals surface area contributed by atoms with Gasteiger partial charge in [0.2, 0.25) is 0 Å². The highest BCUT2D eigenvalue weighted by Crippen LogP contribution is 2.44. The summed E-state index contributed by atoms with van der Waals surface area (Å²) in [4.78, 5) is 63.5. The molecule has 6 rings (SSSR count). The molecule has 122 heavy (non-hydrogen) atoms. The summed E-state index contributed by atoms with van der Waals surface area (Å²) >= 11 is 3.30. The second-order valence-corrected chi connectivity index (χ2v) is 36.3. The Morgan fingerprint density at radius 1 is 0.426 bits per heavy atom. The topological polar surface area (TPSA) is 106 Å². The van der Waals surface area contributed by atoms with Gasteiger partial charge in [-0.15, -0.1) is 0 Å². The van der Waals surface area contributed by atoms with Crippen molar-refractivity contribution >= 4 is 65.4 Å². The van der Waals surface area contributed by atoms with E-state index in [1.54, 1.807) is 30.4 Å². The van der Waals surface area contributed by atoms with E-state index >= 15 is 0 Å². The molecular formula is C111H145BrF3NO6. The largest absolute Gasteiger partial charge is 0.416 e. The number of allylic oxidation sites excluding steroid dienone is 55. The van der Waals surface area contributed by atoms with Crippen molar-refractivity contribution in [1.82, 2.24) is 0 Å². The molecule has 7 nitrogen and oxygen atoms in total. The smallest absolute Gasteiger partial charge is 0.378 e. The zero-order valence-electron chi connectivity index (χ0n) is 78.1. The number of benzene rings is 1. The molecule has 0 saturated carbocycles. The summed E-state index contributed by atoms with van der Waals surface area (Å²) < 4.78 is 38.7. The van der Waals surface area contributed by atoms with Gasteiger partial charge in [-0.25, -0.2) is 0 Å². The molecule has 658 valence electrons. The second kappa shape index (κ2) is 58.2. The van der Waals surface area contributed by atoms with Gasteiger partial charge in [0.25, 0.3) is 0 Å². The fourth-order valence-corrected chi connectivity index (χ4v) is 14.6. The van der Waals surface area contributed by atoms with Crippen LogP contribution < -0.4 is 4.90 Å². The highest BCUT2D eigenvalue weighted by atomic mass is 79.9. The molecule has 0 amide bonds. The van der Waals surface area contributed by atoms with Crippen LogP contribution in [0, 0.1) is 38.9 Å². The number of carbonyl (C=O) groups is 6. The van der Waals surface area contributed by atoms with E-state index in [1.807, 2.05) is 138 Å². The van der Waals surface area contributed by atoms with Gasteiger partial charge in [-0.3, -0.25) is 28.8 Å². The lowest BCUT2D eigenvalue weighted by Crippen LogP contribution is -2.29. The molecule has 11 heteroatoms. The van der Waals surface area contributed by atoms with E-state index in [-0.39, 0.29) is 22.5 Å². The molecule has 0 spiro atoms. The van der Waals surface area contributed by atoms with E-state index in [1.165, 1.54) is 131 Å². The van der Waals surface area contributed by atoms with E-state index < -0.39 is 11.7 Å². The molecule has 0 N–H and O–H groups in total. The Labute approximate surface area is 744 Å². The summed E-state index contributed by atoms with van der Waals surface area (Å²) in [6, 6.07) is 8.00. The number of nitrogens with zero attached hydrogens (tertiary/aromatic N) is 1. The number of halogens is 4. The van der Waals surface area contributed by atoms with Crippen LogP contribution in [0.2, 0.25) is 0 Å². The Morgan fingerprint density at radius 2 is 0.844 bits per heavy atom. The first kappa shape index (κ1) is 110. The number of anilines is 1. The van der Waals surface area contributed by atoms with Gasteiger partial charge in [0.05, 0.1) is 5.57 Å². The second-order valence-electron chi connectivity index (χ2n) is 35.4. The predicted molar refractivity (Wildman–Crippen MR) is 525 cm³/mol. The maximum Gasteiger partial charge on any atom is 0.416 e. The standard InChI is InChI=1S/C21H28O.C20H25F3O.C20H28O.C20H26O.C19H25BrO.C11H13NO/c1-18(10-6-8-17-22)11-9-12-19(2)14-15-20-13-5-7-16-21(20,3)4;1-15(7-5-9-17(12-14-24)20(21,22)23)10-11-18-16(2)8-6-13-19(18,3)4;2*1-16(8-6-9-17(2)13-15-21)11-12-19-18(3)10-7-14-20(19,4)5;1-15(7-5-9-17(20)12-14-21)10-11-18-16(2)8-6-13-19(18,3)4;1-12(2)11-7-5-10(6-8-11)4-3-9-13/h6,8-15,17H,5,7,16H2,1-4H3;5,7,9-12,14H,6,8,13H2,1-4H3;6-13,15,18-19H,14H2,1-5H3;6-13,15H,14H2,1-5H3;5,7,9-12,14H,6,8,13H2,1-4H3;3-9H,1-2H3/b8-6+,11-9+,15-14+,18-10+,19-12+;9-5+,11-10+,15-7+,17-12-;2*9-6+,12-11+,16-8+,17-13+;9-5+,11-10+,15-7+,17-12-;4-3+. The van der Waals surface area contributed by atoms with E-state index in [0.717, 1.165) is 101 Å². The number of rotatable bonds is 29. The van der Waals surface area contributed by atoms with E-state index in [9.17, 15) is 41.9 Å². The van der Waals surface area contributed by atoms with Crippen molar-refractivity contribution in [2.75, 3.05) is 19.0 Å². The minimum atomic E-state index is -4.52. The molecule has 0 heterocycles. The molecule has 0 aromatic heterocycles. The fourth-order valence-electron chi connectivity index (χ4n) is 14.3. The zero-order valence-corrected chi connectivity index (χ0v) is 79.7. The van der Waals surface area contributed by atoms with Gasteiger partial charge >= 0.3 is 6.18 Å². The van der Waals surface area contributed by atoms with Crippen LogP contribution >= 0.6 is 15.9 Å². The normalized spacial score (nSPS) is 20.3. The molecule has 2 atom stereocenters. The van der Waals surface area contributed by atoms with Gasteiger partial charge in [0.1, 0.15) is 37.7 Å². The van der Waals surface area contributed by atoms with Crippen LogP contribution in [0.3, 0.4) is 0 Å². The molecule has 5 aliphatic carbocycles. The molecule has 0 fully saturated rings. The first-order valence-corrected chi connectivity index (χ1v) is 43.4. The highest BCUT2D eigenvalue weighted by molar-refractivity contribution is 9.11. The van der Waals surface area contributed by atoms with Crippen molar-refractivity contribution < 1.29 is 41.9 Å². The van der Waals surface area contributed by atoms with Crippen molar-refractivity contribution in [2.24, 2.45) is 38.9 Å². The van der Waals surface area contributed by atoms with Gasteiger partial charge in [0.15, 0.2) is 0 Å². The van der Waals surface area contributed by atoms with Crippen LogP contribution in [0.5, 0.6) is 0 Å². The summed E-state index contributed by atoms with van der Waals surface area (Å²) in [6.45, 7) is 47.9. The predicted octanol–water partition coefficient (Wildman–Crippen LogP) is 31.1. The minimum absolute atomic E-state index is 0.130. The number of hydrogen-bond donors (Lipinski definition) is 0. The molecule has 0 aliphatic heterocycles. The van der Waals surface area contributed by atoms with Crippen molar-refractivity contribution in [3.8, 4) is 0 Å². The summed E-state index contributed by atoms with van der Waals surface area (Å²) in [5.41, 5.74) is 21.1. The number of alkyl halides is 3. The Bertz CT molecular complexity index is 4530. The third kappa shape index (κ3) is 46.3. The molecular weight excluding hydrogens is 1580 g/mol. The third-order valence-electron chi connectivity index (χ3n) is 21.8. The fraction of sp³-hybridized carbons (Fsp3) is 0.387. The van der Waals surface area contributed by atoms with Crippen LogP contribution in [0.1, 0.15) is 229 Å². The van der Waals surface area contributed by atoms with Gasteiger partial charge in [-0.05, 0) is 291 Å². The van der Waals surface area contributed by atoms with Crippen LogP contribution in [0.4, 0.5) is 18.9 Å². The SMILES string of the molecule is CC(/C=C/C=C(C)/C=C/C1=CCCCC1(C)C)=C\C=C\C=O.CC(/C=C/C=C(C)/C=C/C1C(C)C=CCC1(C)C)=C\C=O.CC1=C(/C=C/C(C)=C/C=C/C(=C/C=O)C(F)(F)F)C(C)(C)CCC1.CC1=C(/C=C/C(C)=C/C=C/C(Br)=C/C=O)C(C)(C)CCC1.CC1=C(/C=C/C(C)=C/C=C/C(C)=C/C=O)C(C)(C)CC=C1.CN(C)c1ccc(/C=C/C=O)cc1. The van der Waals surface area contributed by atoms with Crippen LogP contribution in [-0.2, 0) is 28.8 Å². The quantitative estimate of drug-likeness (QED) is 0.0340. The first-order chi connectivity index (χ1) is 57.4. The summed E-state index contributed by atoms with van der Waals surface area (Å²) in [5, 5.41) is 0. The van der Waals surface area contributed by atoms with Crippen molar-refractivity contribution in [3.63, 3.8) is 0 Å². The molecule has 1 aromatic rings. The van der Waals surface area contributed by atoms with Crippen LogP contribution in [0.15, 0.2) is 349 Å². The average Bonchev–Trinajstić information content (AvgIpc) is 0.829. The first-order valence-electron chi connectivity index (χ1n) is 42.6. The van der Waals surface area contributed by atoms with Crippen molar-refractivity contribution in [2.45, 2.75) is 229 Å². The maximum absolute atomic E-state index is 12.6. The van der Waals surface area contributed by atoms with E-state index in [2.05, 4.69) is 244 Å². The van der Waals surface area contributed by atoms with Crippen LogP contribution in [-0.4, -0.2) is 58.0 Å². The zero-order chi connectivity index (χ0) is 92.1. The maximum atomic E-state index is 12.6.